The molecule has 7 nitrogen and oxygen atoms in total. The summed E-state index contributed by atoms with van der Waals surface area (Å²) >= 11 is 6.10. The SMILES string of the molecule is COC(=O)c1ccc(S(=O)(=O)N2CCNCC2c2cccnc2)cc1Cl. The van der Waals surface area contributed by atoms with E-state index in [2.05, 4.69) is 15.0 Å². The smallest absolute Gasteiger partial charge is 0.339 e. The van der Waals surface area contributed by atoms with E-state index >= 15 is 0 Å². The molecule has 2 heterocycles. The lowest BCUT2D eigenvalue weighted by molar-refractivity contribution is 0.0601. The van der Waals surface area contributed by atoms with Crippen LogP contribution in [-0.4, -0.2) is 50.4 Å². The normalized spacial score (nSPS) is 18.5. The first-order chi connectivity index (χ1) is 12.4. The van der Waals surface area contributed by atoms with E-state index in [1.807, 2.05) is 6.07 Å². The van der Waals surface area contributed by atoms with Crippen LogP contribution in [0, 0.1) is 0 Å². The number of nitrogens with one attached hydrogen (secondary N) is 1. The molecule has 1 aromatic heterocycles. The first-order valence-corrected chi connectivity index (χ1v) is 9.77. The summed E-state index contributed by atoms with van der Waals surface area (Å²) in [5.74, 6) is -0.616. The van der Waals surface area contributed by atoms with Crippen LogP contribution in [-0.2, 0) is 14.8 Å². The number of sulfonamides is 1. The Bertz CT molecular complexity index is 905. The Hall–Kier alpha value is -2.00. The van der Waals surface area contributed by atoms with Crippen LogP contribution in [0.3, 0.4) is 0 Å². The van der Waals surface area contributed by atoms with E-state index < -0.39 is 16.0 Å². The quantitative estimate of drug-likeness (QED) is 0.795. The topological polar surface area (TPSA) is 88.6 Å². The van der Waals surface area contributed by atoms with E-state index in [0.29, 0.717) is 19.6 Å². The van der Waals surface area contributed by atoms with Crippen LogP contribution in [0.5, 0.6) is 0 Å². The van der Waals surface area contributed by atoms with Crippen molar-refractivity contribution in [1.82, 2.24) is 14.6 Å². The van der Waals surface area contributed by atoms with Crippen LogP contribution in [0.1, 0.15) is 22.0 Å². The van der Waals surface area contributed by atoms with Crippen molar-refractivity contribution < 1.29 is 17.9 Å². The molecule has 3 rings (SSSR count). The van der Waals surface area contributed by atoms with Gasteiger partial charge in [0, 0.05) is 32.0 Å². The van der Waals surface area contributed by atoms with Gasteiger partial charge in [0.05, 0.1) is 28.6 Å². The van der Waals surface area contributed by atoms with Crippen LogP contribution in [0.25, 0.3) is 0 Å². The number of hydrogen-bond acceptors (Lipinski definition) is 6. The molecule has 1 aliphatic rings. The minimum absolute atomic E-state index is 0.0333. The number of aromatic nitrogens is 1. The second-order valence-corrected chi connectivity index (χ2v) is 8.05. The number of benzene rings is 1. The maximum Gasteiger partial charge on any atom is 0.339 e. The van der Waals surface area contributed by atoms with E-state index in [4.69, 9.17) is 11.6 Å². The van der Waals surface area contributed by atoms with Crippen molar-refractivity contribution in [2.75, 3.05) is 26.7 Å². The van der Waals surface area contributed by atoms with Gasteiger partial charge in [-0.2, -0.15) is 4.31 Å². The van der Waals surface area contributed by atoms with Crippen molar-refractivity contribution in [2.24, 2.45) is 0 Å². The van der Waals surface area contributed by atoms with Gasteiger partial charge in [0.2, 0.25) is 10.0 Å². The fourth-order valence-corrected chi connectivity index (χ4v) is 4.86. The molecule has 0 spiro atoms. The zero-order chi connectivity index (χ0) is 18.7. The fourth-order valence-electron chi connectivity index (χ4n) is 2.90. The van der Waals surface area contributed by atoms with Crippen LogP contribution in [0.2, 0.25) is 5.02 Å². The highest BCUT2D eigenvalue weighted by atomic mass is 35.5. The highest BCUT2D eigenvalue weighted by Gasteiger charge is 2.35. The molecule has 0 saturated carbocycles. The molecule has 1 N–H and O–H groups in total. The third kappa shape index (κ3) is 3.59. The molecule has 9 heteroatoms. The van der Waals surface area contributed by atoms with Crippen molar-refractivity contribution in [1.29, 1.82) is 0 Å². The summed E-state index contributed by atoms with van der Waals surface area (Å²) in [5, 5.41) is 3.24. The van der Waals surface area contributed by atoms with Crippen molar-refractivity contribution in [3.8, 4) is 0 Å². The second kappa shape index (κ2) is 7.71. The number of nitrogens with zero attached hydrogens (tertiary/aromatic N) is 2. The Morgan fingerprint density at radius 2 is 2.19 bits per heavy atom. The summed E-state index contributed by atoms with van der Waals surface area (Å²) < 4.78 is 32.4. The van der Waals surface area contributed by atoms with Crippen molar-refractivity contribution >= 4 is 27.6 Å². The summed E-state index contributed by atoms with van der Waals surface area (Å²) in [6.45, 7) is 1.35. The average Bonchev–Trinajstić information content (AvgIpc) is 2.68. The molecule has 0 amide bonds. The number of carbonyl (C=O) groups is 1. The number of halogens is 1. The Labute approximate surface area is 157 Å². The molecule has 1 aliphatic heterocycles. The van der Waals surface area contributed by atoms with E-state index in [1.165, 1.54) is 29.6 Å². The Morgan fingerprint density at radius 3 is 2.85 bits per heavy atom. The van der Waals surface area contributed by atoms with Crippen molar-refractivity contribution in [3.05, 3.63) is 58.9 Å². The second-order valence-electron chi connectivity index (χ2n) is 5.76. The Kier molecular flexibility index (Phi) is 5.57. The number of rotatable bonds is 4. The van der Waals surface area contributed by atoms with Gasteiger partial charge in [-0.1, -0.05) is 17.7 Å². The van der Waals surface area contributed by atoms with Gasteiger partial charge in [-0.25, -0.2) is 13.2 Å². The molecule has 1 aromatic carbocycles. The van der Waals surface area contributed by atoms with Gasteiger partial charge in [-0.05, 0) is 29.8 Å². The van der Waals surface area contributed by atoms with Crippen LogP contribution in [0.4, 0.5) is 0 Å². The first-order valence-electron chi connectivity index (χ1n) is 7.95. The number of esters is 1. The van der Waals surface area contributed by atoms with Gasteiger partial charge >= 0.3 is 5.97 Å². The summed E-state index contributed by atoms with van der Waals surface area (Å²) in [5.41, 5.74) is 0.929. The summed E-state index contributed by atoms with van der Waals surface area (Å²) in [7, 11) is -2.56. The standard InChI is InChI=1S/C17H18ClN3O4S/c1-25-17(22)14-5-4-13(9-15(14)18)26(23,24)21-8-7-20-11-16(21)12-3-2-6-19-10-12/h2-6,9-10,16,20H,7-8,11H2,1H3. The molecule has 1 fully saturated rings. The van der Waals surface area contributed by atoms with Gasteiger partial charge in [0.15, 0.2) is 0 Å². The van der Waals surface area contributed by atoms with Crippen molar-refractivity contribution in [3.63, 3.8) is 0 Å². The number of methoxy groups -OCH3 is 1. The van der Waals surface area contributed by atoms with Crippen LogP contribution < -0.4 is 5.32 Å². The molecule has 1 atom stereocenters. The maximum absolute atomic E-state index is 13.2. The van der Waals surface area contributed by atoms with Crippen LogP contribution in [0.15, 0.2) is 47.6 Å². The molecule has 1 unspecified atom stereocenters. The van der Waals surface area contributed by atoms with Crippen molar-refractivity contribution in [2.45, 2.75) is 10.9 Å². The molecule has 138 valence electrons. The van der Waals surface area contributed by atoms with Crippen LogP contribution >= 0.6 is 11.6 Å². The maximum atomic E-state index is 13.2. The summed E-state index contributed by atoms with van der Waals surface area (Å²) in [4.78, 5) is 15.8. The zero-order valence-electron chi connectivity index (χ0n) is 14.1. The highest BCUT2D eigenvalue weighted by Crippen LogP contribution is 2.30. The third-order valence-corrected chi connectivity index (χ3v) is 6.43. The average molecular weight is 396 g/mol. The molecule has 0 aliphatic carbocycles. The largest absolute Gasteiger partial charge is 0.465 e. The molecular formula is C17H18ClN3O4S. The zero-order valence-corrected chi connectivity index (χ0v) is 15.6. The lowest BCUT2D eigenvalue weighted by Crippen LogP contribution is -2.48. The molecule has 2 aromatic rings. The van der Waals surface area contributed by atoms with Gasteiger partial charge in [-0.15, -0.1) is 0 Å². The van der Waals surface area contributed by atoms with Gasteiger partial charge in [0.25, 0.3) is 0 Å². The first kappa shape index (κ1) is 18.8. The predicted molar refractivity (Wildman–Crippen MR) is 96.5 cm³/mol. The monoisotopic (exact) mass is 395 g/mol. The molecule has 1 saturated heterocycles. The lowest BCUT2D eigenvalue weighted by Gasteiger charge is -2.35. The van der Waals surface area contributed by atoms with E-state index in [-0.39, 0.29) is 21.5 Å². The molecule has 0 radical (unpaired) electrons. The highest BCUT2D eigenvalue weighted by molar-refractivity contribution is 7.89. The van der Waals surface area contributed by atoms with Gasteiger partial charge in [0.1, 0.15) is 0 Å². The summed E-state index contributed by atoms with van der Waals surface area (Å²) in [6, 6.07) is 7.27. The number of ether oxygens (including phenoxy) is 1. The lowest BCUT2D eigenvalue weighted by atomic mass is 10.1. The predicted octanol–water partition coefficient (Wildman–Crippen LogP) is 1.86. The van der Waals surface area contributed by atoms with Gasteiger partial charge in [-0.3, -0.25) is 4.98 Å². The number of pyridine rings is 1. The molecular weight excluding hydrogens is 378 g/mol. The summed E-state index contributed by atoms with van der Waals surface area (Å²) in [6.07, 6.45) is 3.30. The third-order valence-electron chi connectivity index (χ3n) is 4.22. The number of piperazine rings is 1. The van der Waals surface area contributed by atoms with E-state index in [0.717, 1.165) is 5.56 Å². The molecule has 0 bridgehead atoms. The van der Waals surface area contributed by atoms with Gasteiger partial charge < -0.3 is 10.1 Å². The number of hydrogen-bond donors (Lipinski definition) is 1. The minimum atomic E-state index is -3.80. The van der Waals surface area contributed by atoms with E-state index in [1.54, 1.807) is 18.5 Å². The fraction of sp³-hybridized carbons (Fsp3) is 0.294. The minimum Gasteiger partial charge on any atom is -0.465 e. The Balaban J connectivity index is 1.98. The Morgan fingerprint density at radius 1 is 1.38 bits per heavy atom. The van der Waals surface area contributed by atoms with E-state index in [9.17, 15) is 13.2 Å². The number of carbonyl (C=O) groups excluding carboxylic acids is 1. The molecule has 26 heavy (non-hydrogen) atoms.